The molecule has 2 aromatic rings. The molecule has 1 aliphatic heterocycles. The van der Waals surface area contributed by atoms with Gasteiger partial charge in [0.05, 0.1) is 11.3 Å². The summed E-state index contributed by atoms with van der Waals surface area (Å²) in [5.41, 5.74) is 0.748. The number of imide groups is 1. The predicted molar refractivity (Wildman–Crippen MR) is 96.2 cm³/mol. The molecule has 0 saturated carbocycles. The molecule has 1 aromatic heterocycles. The average molecular weight is 371 g/mol. The third-order valence-corrected chi connectivity index (χ3v) is 4.16. The molecule has 0 aliphatic carbocycles. The molecule has 0 spiro atoms. The van der Waals surface area contributed by atoms with Crippen LogP contribution in [0.3, 0.4) is 0 Å². The van der Waals surface area contributed by atoms with E-state index in [4.69, 9.17) is 4.42 Å². The lowest BCUT2D eigenvalue weighted by atomic mass is 10.1. The molecule has 0 radical (unpaired) electrons. The Morgan fingerprint density at radius 2 is 1.89 bits per heavy atom. The Morgan fingerprint density at radius 1 is 1.19 bits per heavy atom. The van der Waals surface area contributed by atoms with Crippen molar-refractivity contribution >= 4 is 23.5 Å². The molecule has 1 aromatic carbocycles. The number of nitrogens with zero attached hydrogens (tertiary/aromatic N) is 3. The van der Waals surface area contributed by atoms with Crippen molar-refractivity contribution in [1.82, 2.24) is 20.8 Å². The minimum Gasteiger partial charge on any atom is -0.423 e. The zero-order chi connectivity index (χ0) is 19.6. The highest BCUT2D eigenvalue weighted by atomic mass is 16.4. The van der Waals surface area contributed by atoms with E-state index in [1.165, 1.54) is 4.90 Å². The van der Waals surface area contributed by atoms with Crippen molar-refractivity contribution in [2.75, 3.05) is 11.4 Å². The van der Waals surface area contributed by atoms with Gasteiger partial charge in [-0.15, -0.1) is 10.2 Å². The molecule has 1 atom stereocenters. The third-order valence-electron chi connectivity index (χ3n) is 4.16. The molecule has 1 fully saturated rings. The first-order chi connectivity index (χ1) is 12.9. The van der Waals surface area contributed by atoms with Crippen LogP contribution >= 0.6 is 0 Å². The first-order valence-corrected chi connectivity index (χ1v) is 8.71. The number of para-hydroxylation sites is 1. The maximum absolute atomic E-state index is 12.8. The SMILES string of the molecule is CC(C)c1nnc([C@H](C)NC(=O)c2ccccc2N2CCC(=O)NC2=O)o1. The number of amides is 4. The number of anilines is 1. The lowest BCUT2D eigenvalue weighted by Crippen LogP contribution is -2.50. The molecule has 2 N–H and O–H groups in total. The summed E-state index contributed by atoms with van der Waals surface area (Å²) in [5, 5.41) is 13.0. The first-order valence-electron chi connectivity index (χ1n) is 8.71. The van der Waals surface area contributed by atoms with Gasteiger partial charge in [0.1, 0.15) is 6.04 Å². The fourth-order valence-corrected chi connectivity index (χ4v) is 2.69. The van der Waals surface area contributed by atoms with Crippen molar-refractivity contribution in [2.24, 2.45) is 0 Å². The van der Waals surface area contributed by atoms with Gasteiger partial charge in [-0.05, 0) is 19.1 Å². The first kappa shape index (κ1) is 18.6. The van der Waals surface area contributed by atoms with Crippen LogP contribution < -0.4 is 15.5 Å². The van der Waals surface area contributed by atoms with Gasteiger partial charge in [0.15, 0.2) is 0 Å². The zero-order valence-electron chi connectivity index (χ0n) is 15.4. The smallest absolute Gasteiger partial charge is 0.328 e. The van der Waals surface area contributed by atoms with E-state index in [9.17, 15) is 14.4 Å². The predicted octanol–water partition coefficient (Wildman–Crippen LogP) is 2.13. The summed E-state index contributed by atoms with van der Waals surface area (Å²) in [7, 11) is 0. The topological polar surface area (TPSA) is 117 Å². The normalized spacial score (nSPS) is 15.6. The molecular weight excluding hydrogens is 350 g/mol. The molecule has 142 valence electrons. The highest BCUT2D eigenvalue weighted by Gasteiger charge is 2.28. The fraction of sp³-hybridized carbons (Fsp3) is 0.389. The maximum atomic E-state index is 12.8. The summed E-state index contributed by atoms with van der Waals surface area (Å²) in [5.74, 6) is 0.193. The van der Waals surface area contributed by atoms with Gasteiger partial charge in [-0.3, -0.25) is 19.8 Å². The largest absolute Gasteiger partial charge is 0.423 e. The van der Waals surface area contributed by atoms with Gasteiger partial charge >= 0.3 is 6.03 Å². The quantitative estimate of drug-likeness (QED) is 0.831. The van der Waals surface area contributed by atoms with Gasteiger partial charge in [0, 0.05) is 18.9 Å². The van der Waals surface area contributed by atoms with E-state index < -0.39 is 12.1 Å². The number of carbonyl (C=O) groups excluding carboxylic acids is 3. The fourth-order valence-electron chi connectivity index (χ4n) is 2.69. The molecule has 9 heteroatoms. The second-order valence-electron chi connectivity index (χ2n) is 6.60. The van der Waals surface area contributed by atoms with Crippen LogP contribution in [0.5, 0.6) is 0 Å². The molecule has 0 unspecified atom stereocenters. The number of hydrogen-bond donors (Lipinski definition) is 2. The molecule has 2 heterocycles. The molecule has 27 heavy (non-hydrogen) atoms. The number of benzene rings is 1. The van der Waals surface area contributed by atoms with E-state index in [0.717, 1.165) is 0 Å². The molecule has 1 aliphatic rings. The van der Waals surface area contributed by atoms with E-state index in [0.29, 0.717) is 23.0 Å². The van der Waals surface area contributed by atoms with Crippen LogP contribution in [0.4, 0.5) is 10.5 Å². The van der Waals surface area contributed by atoms with E-state index in [1.54, 1.807) is 31.2 Å². The lowest BCUT2D eigenvalue weighted by Gasteiger charge is -2.28. The Hall–Kier alpha value is -3.23. The summed E-state index contributed by atoms with van der Waals surface area (Å²) in [4.78, 5) is 37.6. The van der Waals surface area contributed by atoms with Crippen LogP contribution in [0, 0.1) is 0 Å². The Labute approximate surface area is 156 Å². The Morgan fingerprint density at radius 3 is 2.56 bits per heavy atom. The van der Waals surface area contributed by atoms with Gasteiger partial charge in [-0.25, -0.2) is 4.79 Å². The summed E-state index contributed by atoms with van der Waals surface area (Å²) < 4.78 is 5.57. The third kappa shape index (κ3) is 3.97. The Bertz CT molecular complexity index is 876. The molecule has 0 bridgehead atoms. The molecule has 1 saturated heterocycles. The summed E-state index contributed by atoms with van der Waals surface area (Å²) in [6.07, 6.45) is 0.179. The second-order valence-corrected chi connectivity index (χ2v) is 6.60. The molecule has 4 amide bonds. The minimum absolute atomic E-state index is 0.0928. The number of rotatable bonds is 5. The average Bonchev–Trinajstić information content (AvgIpc) is 3.12. The summed E-state index contributed by atoms with van der Waals surface area (Å²) in [6, 6.07) is 5.68. The number of carbonyl (C=O) groups is 3. The molecule has 9 nitrogen and oxygen atoms in total. The van der Waals surface area contributed by atoms with E-state index in [-0.39, 0.29) is 30.7 Å². The van der Waals surface area contributed by atoms with Crippen LogP contribution in [0.15, 0.2) is 28.7 Å². The lowest BCUT2D eigenvalue weighted by molar-refractivity contribution is -0.120. The van der Waals surface area contributed by atoms with Gasteiger partial charge in [0.25, 0.3) is 5.91 Å². The van der Waals surface area contributed by atoms with Gasteiger partial charge < -0.3 is 9.73 Å². The van der Waals surface area contributed by atoms with Crippen molar-refractivity contribution in [3.63, 3.8) is 0 Å². The van der Waals surface area contributed by atoms with Gasteiger partial charge in [-0.1, -0.05) is 26.0 Å². The van der Waals surface area contributed by atoms with Crippen molar-refractivity contribution in [3.8, 4) is 0 Å². The number of aromatic nitrogens is 2. The standard InChI is InChI=1S/C18H21N5O4/c1-10(2)16-21-22-17(27-16)11(3)19-15(25)12-6-4-5-7-13(12)23-9-8-14(24)20-18(23)26/h4-7,10-11H,8-9H2,1-3H3,(H,19,25)(H,20,24,26)/t11-/m0/s1. The van der Waals surface area contributed by atoms with Crippen LogP contribution in [-0.4, -0.2) is 34.6 Å². The summed E-state index contributed by atoms with van der Waals surface area (Å²) in [6.45, 7) is 5.83. The van der Waals surface area contributed by atoms with Crippen LogP contribution in [0.1, 0.15) is 61.3 Å². The minimum atomic E-state index is -0.543. The van der Waals surface area contributed by atoms with Gasteiger partial charge in [-0.2, -0.15) is 0 Å². The van der Waals surface area contributed by atoms with Crippen molar-refractivity contribution in [2.45, 2.75) is 39.2 Å². The highest BCUT2D eigenvalue weighted by Crippen LogP contribution is 2.24. The van der Waals surface area contributed by atoms with E-state index in [2.05, 4.69) is 20.8 Å². The molecule has 3 rings (SSSR count). The molecular formula is C18H21N5O4. The Balaban J connectivity index is 1.78. The second kappa shape index (κ2) is 7.56. The van der Waals surface area contributed by atoms with E-state index >= 15 is 0 Å². The number of urea groups is 1. The van der Waals surface area contributed by atoms with E-state index in [1.807, 2.05) is 13.8 Å². The van der Waals surface area contributed by atoms with Crippen LogP contribution in [-0.2, 0) is 4.79 Å². The zero-order valence-corrected chi connectivity index (χ0v) is 15.4. The number of hydrogen-bond acceptors (Lipinski definition) is 6. The van der Waals surface area contributed by atoms with Crippen LogP contribution in [0.25, 0.3) is 0 Å². The van der Waals surface area contributed by atoms with Crippen molar-refractivity contribution in [1.29, 1.82) is 0 Å². The summed E-state index contributed by atoms with van der Waals surface area (Å²) >= 11 is 0. The highest BCUT2D eigenvalue weighted by molar-refractivity contribution is 6.09. The maximum Gasteiger partial charge on any atom is 0.328 e. The van der Waals surface area contributed by atoms with Crippen LogP contribution in [0.2, 0.25) is 0 Å². The monoisotopic (exact) mass is 371 g/mol. The Kier molecular flexibility index (Phi) is 5.20. The van der Waals surface area contributed by atoms with Crippen molar-refractivity contribution < 1.29 is 18.8 Å². The number of nitrogens with one attached hydrogen (secondary N) is 2. The van der Waals surface area contributed by atoms with Gasteiger partial charge in [0.2, 0.25) is 17.7 Å². The van der Waals surface area contributed by atoms with Crippen molar-refractivity contribution in [3.05, 3.63) is 41.6 Å².